The van der Waals surface area contributed by atoms with E-state index in [9.17, 15) is 4.79 Å². The zero-order chi connectivity index (χ0) is 18.9. The fourth-order valence-corrected chi connectivity index (χ4v) is 3.00. The monoisotopic (exact) mass is 494 g/mol. The van der Waals surface area contributed by atoms with Crippen molar-refractivity contribution in [1.29, 1.82) is 0 Å². The van der Waals surface area contributed by atoms with Gasteiger partial charge in [0.15, 0.2) is 5.96 Å². The molecule has 150 valence electrons. The van der Waals surface area contributed by atoms with Gasteiger partial charge < -0.3 is 20.0 Å². The Kier molecular flexibility index (Phi) is 9.06. The molecule has 1 aromatic carbocycles. The number of benzene rings is 1. The summed E-state index contributed by atoms with van der Waals surface area (Å²) < 4.78 is 5.21. The smallest absolute Gasteiger partial charge is 0.242 e. The Balaban J connectivity index is 0.00000280. The molecule has 3 rings (SSSR count). The third-order valence-corrected chi connectivity index (χ3v) is 4.40. The molecule has 2 heterocycles. The van der Waals surface area contributed by atoms with E-state index in [-0.39, 0.29) is 36.4 Å². The van der Waals surface area contributed by atoms with Gasteiger partial charge in [-0.3, -0.25) is 4.79 Å². The van der Waals surface area contributed by atoms with Crippen molar-refractivity contribution in [2.45, 2.75) is 19.9 Å². The van der Waals surface area contributed by atoms with E-state index in [0.717, 1.165) is 37.8 Å². The van der Waals surface area contributed by atoms with Crippen molar-refractivity contribution in [2.24, 2.45) is 4.99 Å². The molecule has 0 unspecified atom stereocenters. The van der Waals surface area contributed by atoms with Gasteiger partial charge in [0.2, 0.25) is 5.91 Å². The summed E-state index contributed by atoms with van der Waals surface area (Å²) in [6, 6.07) is 14.1. The van der Waals surface area contributed by atoms with Crippen LogP contribution in [0.1, 0.15) is 24.7 Å². The number of rotatable bonds is 6. The molecule has 0 spiro atoms. The summed E-state index contributed by atoms with van der Waals surface area (Å²) in [6.07, 6.45) is 4.79. The van der Waals surface area contributed by atoms with Crippen molar-refractivity contribution in [2.75, 3.05) is 26.2 Å². The fourth-order valence-electron chi connectivity index (χ4n) is 3.00. The van der Waals surface area contributed by atoms with Crippen molar-refractivity contribution in [3.05, 3.63) is 66.1 Å². The van der Waals surface area contributed by atoms with Gasteiger partial charge in [0, 0.05) is 19.6 Å². The van der Waals surface area contributed by atoms with E-state index < -0.39 is 0 Å². The second kappa shape index (κ2) is 11.5. The van der Waals surface area contributed by atoms with Crippen molar-refractivity contribution in [3.63, 3.8) is 0 Å². The number of halogens is 1. The van der Waals surface area contributed by atoms with Gasteiger partial charge in [0.05, 0.1) is 12.8 Å². The Morgan fingerprint density at radius 1 is 1.18 bits per heavy atom. The highest BCUT2D eigenvalue weighted by Crippen LogP contribution is 2.21. The fraction of sp³-hybridized carbons (Fsp3) is 0.333. The van der Waals surface area contributed by atoms with E-state index in [2.05, 4.69) is 50.9 Å². The van der Waals surface area contributed by atoms with Crippen molar-refractivity contribution in [1.82, 2.24) is 15.5 Å². The summed E-state index contributed by atoms with van der Waals surface area (Å²) in [7, 11) is 0. The molecule has 28 heavy (non-hydrogen) atoms. The van der Waals surface area contributed by atoms with Crippen LogP contribution in [-0.2, 0) is 11.3 Å². The first-order valence-corrected chi connectivity index (χ1v) is 9.33. The molecular weight excluding hydrogens is 467 g/mol. The molecular formula is C21H27IN4O2. The molecule has 0 bridgehead atoms. The Labute approximate surface area is 183 Å². The lowest BCUT2D eigenvalue weighted by Crippen LogP contribution is -2.44. The summed E-state index contributed by atoms with van der Waals surface area (Å²) in [6.45, 7) is 4.92. The van der Waals surface area contributed by atoms with Crippen molar-refractivity contribution >= 4 is 41.4 Å². The van der Waals surface area contributed by atoms with E-state index in [4.69, 9.17) is 4.42 Å². The third kappa shape index (κ3) is 6.40. The molecule has 0 aliphatic carbocycles. The molecule has 1 aliphatic rings. The summed E-state index contributed by atoms with van der Waals surface area (Å²) >= 11 is 0. The number of guanidine groups is 1. The molecule has 0 atom stereocenters. The van der Waals surface area contributed by atoms with Crippen LogP contribution in [0.15, 0.2) is 64.2 Å². The van der Waals surface area contributed by atoms with Crippen LogP contribution in [0, 0.1) is 0 Å². The quantitative estimate of drug-likeness (QED) is 0.368. The number of carbonyl (C=O) groups excluding carboxylic acids is 1. The Hall–Kier alpha value is -2.29. The van der Waals surface area contributed by atoms with E-state index in [0.29, 0.717) is 6.54 Å². The number of furan rings is 1. The zero-order valence-corrected chi connectivity index (χ0v) is 18.4. The van der Waals surface area contributed by atoms with Gasteiger partial charge in [0.25, 0.3) is 0 Å². The number of hydrogen-bond acceptors (Lipinski definition) is 3. The van der Waals surface area contributed by atoms with Crippen LogP contribution in [0.5, 0.6) is 0 Å². The molecule has 1 aromatic heterocycles. The van der Waals surface area contributed by atoms with E-state index in [1.54, 1.807) is 12.3 Å². The number of hydrogen-bond donors (Lipinski definition) is 2. The van der Waals surface area contributed by atoms with Crippen molar-refractivity contribution in [3.8, 4) is 0 Å². The lowest BCUT2D eigenvalue weighted by molar-refractivity contribution is -0.119. The number of amides is 1. The van der Waals surface area contributed by atoms with Gasteiger partial charge in [0.1, 0.15) is 12.3 Å². The minimum atomic E-state index is -0.126. The average molecular weight is 494 g/mol. The summed E-state index contributed by atoms with van der Waals surface area (Å²) in [5.41, 5.74) is 2.63. The first-order chi connectivity index (χ1) is 13.3. The van der Waals surface area contributed by atoms with Gasteiger partial charge in [-0.2, -0.15) is 0 Å². The standard InChI is InChI=1S/C21H26N4O2.HI/c1-2-22-21(24-16-20(26)23-15-19-9-6-14-27-19)25-12-10-18(11-13-25)17-7-4-3-5-8-17;/h3-10,14H,2,11-13,15-16H2,1H3,(H,22,24)(H,23,26);1H. The average Bonchev–Trinajstić information content (AvgIpc) is 3.24. The summed E-state index contributed by atoms with van der Waals surface area (Å²) in [4.78, 5) is 18.7. The third-order valence-electron chi connectivity index (χ3n) is 4.40. The van der Waals surface area contributed by atoms with Gasteiger partial charge in [-0.05, 0) is 36.6 Å². The van der Waals surface area contributed by atoms with Crippen LogP contribution < -0.4 is 10.6 Å². The van der Waals surface area contributed by atoms with Crippen LogP contribution in [-0.4, -0.2) is 42.9 Å². The zero-order valence-electron chi connectivity index (χ0n) is 16.1. The van der Waals surface area contributed by atoms with Crippen LogP contribution in [0.4, 0.5) is 0 Å². The maximum atomic E-state index is 12.0. The minimum Gasteiger partial charge on any atom is -0.467 e. The Morgan fingerprint density at radius 3 is 2.64 bits per heavy atom. The SMILES string of the molecule is CCNC(=NCC(=O)NCc1ccco1)N1CC=C(c2ccccc2)CC1.I. The normalized spacial score (nSPS) is 14.1. The molecule has 0 radical (unpaired) electrons. The predicted molar refractivity (Wildman–Crippen MR) is 123 cm³/mol. The largest absolute Gasteiger partial charge is 0.467 e. The maximum Gasteiger partial charge on any atom is 0.242 e. The summed E-state index contributed by atoms with van der Waals surface area (Å²) in [5, 5.41) is 6.10. The first-order valence-electron chi connectivity index (χ1n) is 9.33. The van der Waals surface area contributed by atoms with Crippen LogP contribution >= 0.6 is 24.0 Å². The maximum absolute atomic E-state index is 12.0. The molecule has 6 nitrogen and oxygen atoms in total. The summed E-state index contributed by atoms with van der Waals surface area (Å²) in [5.74, 6) is 1.38. The lowest BCUT2D eigenvalue weighted by Gasteiger charge is -2.29. The topological polar surface area (TPSA) is 69.9 Å². The second-order valence-corrected chi connectivity index (χ2v) is 6.32. The molecule has 1 aliphatic heterocycles. The molecule has 7 heteroatoms. The first kappa shape index (κ1) is 22.0. The highest BCUT2D eigenvalue weighted by Gasteiger charge is 2.16. The number of nitrogens with zero attached hydrogens (tertiary/aromatic N) is 2. The minimum absolute atomic E-state index is 0. The van der Waals surface area contributed by atoms with Crippen LogP contribution in [0.25, 0.3) is 5.57 Å². The van der Waals surface area contributed by atoms with Gasteiger partial charge >= 0.3 is 0 Å². The van der Waals surface area contributed by atoms with Gasteiger partial charge in [-0.1, -0.05) is 36.4 Å². The number of carbonyl (C=O) groups is 1. The second-order valence-electron chi connectivity index (χ2n) is 6.32. The Bertz CT molecular complexity index is 788. The van der Waals surface area contributed by atoms with E-state index >= 15 is 0 Å². The molecule has 0 saturated heterocycles. The van der Waals surface area contributed by atoms with Crippen LogP contribution in [0.3, 0.4) is 0 Å². The molecule has 0 saturated carbocycles. The van der Waals surface area contributed by atoms with E-state index in [1.807, 2.05) is 19.1 Å². The lowest BCUT2D eigenvalue weighted by atomic mass is 10.00. The number of aliphatic imine (C=N–C) groups is 1. The van der Waals surface area contributed by atoms with Crippen LogP contribution in [0.2, 0.25) is 0 Å². The molecule has 0 fully saturated rings. The van der Waals surface area contributed by atoms with E-state index in [1.165, 1.54) is 11.1 Å². The molecule has 1 amide bonds. The molecule has 2 N–H and O–H groups in total. The van der Waals surface area contributed by atoms with Crippen molar-refractivity contribution < 1.29 is 9.21 Å². The highest BCUT2D eigenvalue weighted by molar-refractivity contribution is 14.0. The number of nitrogens with one attached hydrogen (secondary N) is 2. The predicted octanol–water partition coefficient (Wildman–Crippen LogP) is 3.27. The Morgan fingerprint density at radius 2 is 2.00 bits per heavy atom. The van der Waals surface area contributed by atoms with Gasteiger partial charge in [-0.15, -0.1) is 24.0 Å². The molecule has 2 aromatic rings. The van der Waals surface area contributed by atoms with Gasteiger partial charge in [-0.25, -0.2) is 4.99 Å². The highest BCUT2D eigenvalue weighted by atomic mass is 127.